The second kappa shape index (κ2) is 9.66. The lowest BCUT2D eigenvalue weighted by Gasteiger charge is -2.09. The molecule has 1 amide bonds. The van der Waals surface area contributed by atoms with Crippen molar-refractivity contribution < 1.29 is 13.9 Å². The molecule has 0 saturated carbocycles. The lowest BCUT2D eigenvalue weighted by Crippen LogP contribution is -2.11. The Morgan fingerprint density at radius 2 is 1.78 bits per heavy atom. The van der Waals surface area contributed by atoms with E-state index in [9.17, 15) is 9.18 Å². The average molecular weight is 450 g/mol. The van der Waals surface area contributed by atoms with Crippen LogP contribution in [0.15, 0.2) is 79.1 Å². The van der Waals surface area contributed by atoms with Gasteiger partial charge in [-0.2, -0.15) is 5.10 Å². The predicted molar refractivity (Wildman–Crippen MR) is 123 cm³/mol. The molecule has 3 aromatic carbocycles. The van der Waals surface area contributed by atoms with Crippen molar-refractivity contribution in [3.8, 4) is 5.75 Å². The molecule has 162 valence electrons. The van der Waals surface area contributed by atoms with Crippen molar-refractivity contribution in [3.05, 3.63) is 112 Å². The Bertz CT molecular complexity index is 1220. The Morgan fingerprint density at radius 1 is 1.06 bits per heavy atom. The average Bonchev–Trinajstić information content (AvgIpc) is 3.23. The first-order valence-corrected chi connectivity index (χ1v) is 10.4. The topological polar surface area (TPSA) is 56.1 Å². The molecule has 1 heterocycles. The van der Waals surface area contributed by atoms with E-state index in [0.29, 0.717) is 35.2 Å². The third-order valence-electron chi connectivity index (χ3n) is 4.85. The number of aryl methyl sites for hydroxylation is 1. The number of rotatable bonds is 7. The van der Waals surface area contributed by atoms with Crippen molar-refractivity contribution in [2.45, 2.75) is 20.1 Å². The number of amides is 1. The van der Waals surface area contributed by atoms with E-state index in [-0.39, 0.29) is 11.7 Å². The molecule has 0 aliphatic heterocycles. The summed E-state index contributed by atoms with van der Waals surface area (Å²) in [5, 5.41) is 7.64. The van der Waals surface area contributed by atoms with Crippen LogP contribution in [0, 0.1) is 12.7 Å². The van der Waals surface area contributed by atoms with E-state index in [1.807, 2.05) is 37.3 Å². The Balaban J connectivity index is 1.33. The van der Waals surface area contributed by atoms with Crippen LogP contribution in [0.4, 0.5) is 10.1 Å². The summed E-state index contributed by atoms with van der Waals surface area (Å²) in [4.78, 5) is 12.6. The van der Waals surface area contributed by atoms with Crippen molar-refractivity contribution in [3.63, 3.8) is 0 Å². The molecule has 1 N–H and O–H groups in total. The minimum atomic E-state index is -0.279. The SMILES string of the molecule is Cc1ccc(Cl)c(OCc2ccc(C(=O)Nc3cnn(Cc4ccc(F)cc4)c3)cc2)c1. The Kier molecular flexibility index (Phi) is 6.52. The van der Waals surface area contributed by atoms with E-state index >= 15 is 0 Å². The monoisotopic (exact) mass is 449 g/mol. The Hall–Kier alpha value is -3.64. The second-order valence-corrected chi connectivity index (χ2v) is 7.83. The minimum absolute atomic E-state index is 0.236. The van der Waals surface area contributed by atoms with Crippen molar-refractivity contribution in [1.29, 1.82) is 0 Å². The van der Waals surface area contributed by atoms with Gasteiger partial charge in [-0.1, -0.05) is 41.9 Å². The largest absolute Gasteiger partial charge is 0.487 e. The summed E-state index contributed by atoms with van der Waals surface area (Å²) < 4.78 is 20.5. The number of halogens is 2. The molecule has 32 heavy (non-hydrogen) atoms. The van der Waals surface area contributed by atoms with E-state index in [1.54, 1.807) is 41.3 Å². The quantitative estimate of drug-likeness (QED) is 0.384. The second-order valence-electron chi connectivity index (χ2n) is 7.43. The van der Waals surface area contributed by atoms with Crippen LogP contribution in [0.2, 0.25) is 5.02 Å². The molecule has 7 heteroatoms. The van der Waals surface area contributed by atoms with Gasteiger partial charge in [-0.25, -0.2) is 4.39 Å². The number of carbonyl (C=O) groups is 1. The highest BCUT2D eigenvalue weighted by atomic mass is 35.5. The summed E-state index contributed by atoms with van der Waals surface area (Å²) in [6, 6.07) is 19.0. The van der Waals surface area contributed by atoms with Crippen LogP contribution in [0.3, 0.4) is 0 Å². The molecule has 4 aromatic rings. The summed E-state index contributed by atoms with van der Waals surface area (Å²) in [5.74, 6) is 0.116. The molecule has 0 bridgehead atoms. The molecule has 0 radical (unpaired) electrons. The minimum Gasteiger partial charge on any atom is -0.487 e. The van der Waals surface area contributed by atoms with E-state index in [2.05, 4.69) is 10.4 Å². The van der Waals surface area contributed by atoms with Crippen LogP contribution in [0.1, 0.15) is 27.0 Å². The summed E-state index contributed by atoms with van der Waals surface area (Å²) in [6.45, 7) is 2.81. The smallest absolute Gasteiger partial charge is 0.255 e. The highest BCUT2D eigenvalue weighted by Gasteiger charge is 2.09. The van der Waals surface area contributed by atoms with Crippen LogP contribution in [0.5, 0.6) is 5.75 Å². The van der Waals surface area contributed by atoms with E-state index in [0.717, 1.165) is 16.7 Å². The van der Waals surface area contributed by atoms with Gasteiger partial charge in [0, 0.05) is 11.8 Å². The van der Waals surface area contributed by atoms with Gasteiger partial charge < -0.3 is 10.1 Å². The van der Waals surface area contributed by atoms with E-state index in [4.69, 9.17) is 16.3 Å². The van der Waals surface area contributed by atoms with Gasteiger partial charge in [0.1, 0.15) is 18.2 Å². The zero-order chi connectivity index (χ0) is 22.5. The predicted octanol–water partition coefficient (Wildman–Crippen LogP) is 5.86. The molecule has 0 aliphatic carbocycles. The standard InChI is InChI=1S/C25H21ClFN3O2/c1-17-2-11-23(26)24(12-17)32-16-19-3-7-20(8-4-19)25(31)29-22-13-28-30(15-22)14-18-5-9-21(27)10-6-18/h2-13,15H,14,16H2,1H3,(H,29,31). The van der Waals surface area contributed by atoms with Crippen molar-refractivity contribution in [1.82, 2.24) is 9.78 Å². The maximum Gasteiger partial charge on any atom is 0.255 e. The maximum atomic E-state index is 13.0. The van der Waals surface area contributed by atoms with E-state index < -0.39 is 0 Å². The maximum absolute atomic E-state index is 13.0. The first-order chi connectivity index (χ1) is 15.5. The molecule has 4 rings (SSSR count). The third-order valence-corrected chi connectivity index (χ3v) is 5.16. The fourth-order valence-electron chi connectivity index (χ4n) is 3.13. The summed E-state index contributed by atoms with van der Waals surface area (Å²) in [5.41, 5.74) is 4.01. The Labute approximate surface area is 190 Å². The number of aromatic nitrogens is 2. The molecular weight excluding hydrogens is 429 g/mol. The number of nitrogens with zero attached hydrogens (tertiary/aromatic N) is 2. The zero-order valence-electron chi connectivity index (χ0n) is 17.4. The lowest BCUT2D eigenvalue weighted by molar-refractivity contribution is 0.102. The summed E-state index contributed by atoms with van der Waals surface area (Å²) >= 11 is 6.16. The highest BCUT2D eigenvalue weighted by Crippen LogP contribution is 2.26. The number of carbonyl (C=O) groups excluding carboxylic acids is 1. The first-order valence-electron chi connectivity index (χ1n) is 10.0. The van der Waals surface area contributed by atoms with Crippen molar-refractivity contribution in [2.24, 2.45) is 0 Å². The van der Waals surface area contributed by atoms with Gasteiger partial charge >= 0.3 is 0 Å². The molecular formula is C25H21ClFN3O2. The summed E-state index contributed by atoms with van der Waals surface area (Å²) in [7, 11) is 0. The van der Waals surface area contributed by atoms with Gasteiger partial charge in [-0.3, -0.25) is 9.48 Å². The fourth-order valence-corrected chi connectivity index (χ4v) is 3.30. The number of hydrogen-bond acceptors (Lipinski definition) is 3. The molecule has 0 aliphatic rings. The van der Waals surface area contributed by atoms with Gasteiger partial charge in [-0.15, -0.1) is 0 Å². The fraction of sp³-hybridized carbons (Fsp3) is 0.120. The van der Waals surface area contributed by atoms with Crippen molar-refractivity contribution >= 4 is 23.2 Å². The highest BCUT2D eigenvalue weighted by molar-refractivity contribution is 6.32. The van der Waals surface area contributed by atoms with Crippen LogP contribution in [-0.4, -0.2) is 15.7 Å². The van der Waals surface area contributed by atoms with Gasteiger partial charge in [0.25, 0.3) is 5.91 Å². The van der Waals surface area contributed by atoms with Crippen LogP contribution >= 0.6 is 11.6 Å². The molecule has 0 atom stereocenters. The lowest BCUT2D eigenvalue weighted by atomic mass is 10.1. The molecule has 5 nitrogen and oxygen atoms in total. The van der Waals surface area contributed by atoms with E-state index in [1.165, 1.54) is 12.1 Å². The normalized spacial score (nSPS) is 10.7. The number of hydrogen-bond donors (Lipinski definition) is 1. The number of benzene rings is 3. The van der Waals surface area contributed by atoms with Gasteiger partial charge in [-0.05, 0) is 60.0 Å². The first kappa shape index (κ1) is 21.6. The van der Waals surface area contributed by atoms with Crippen LogP contribution in [-0.2, 0) is 13.2 Å². The number of nitrogens with one attached hydrogen (secondary N) is 1. The molecule has 1 aromatic heterocycles. The molecule has 0 saturated heterocycles. The van der Waals surface area contributed by atoms with Gasteiger partial charge in [0.2, 0.25) is 0 Å². The van der Waals surface area contributed by atoms with Crippen LogP contribution < -0.4 is 10.1 Å². The van der Waals surface area contributed by atoms with Gasteiger partial charge in [0.15, 0.2) is 0 Å². The van der Waals surface area contributed by atoms with Crippen LogP contribution in [0.25, 0.3) is 0 Å². The molecule has 0 fully saturated rings. The Morgan fingerprint density at radius 3 is 2.53 bits per heavy atom. The zero-order valence-corrected chi connectivity index (χ0v) is 18.1. The molecule has 0 unspecified atom stereocenters. The summed E-state index contributed by atoms with van der Waals surface area (Å²) in [6.07, 6.45) is 3.31. The number of anilines is 1. The molecule has 0 spiro atoms. The van der Waals surface area contributed by atoms with Gasteiger partial charge in [0.05, 0.1) is 23.5 Å². The third kappa shape index (κ3) is 5.53. The van der Waals surface area contributed by atoms with Crippen molar-refractivity contribution in [2.75, 3.05) is 5.32 Å². The number of ether oxygens (including phenoxy) is 1.